The first-order chi connectivity index (χ1) is 19.2. The zero-order valence-corrected chi connectivity index (χ0v) is 25.4. The molecule has 0 radical (unpaired) electrons. The van der Waals surface area contributed by atoms with Crippen molar-refractivity contribution in [1.82, 2.24) is 10.2 Å². The molecule has 1 N–H and O–H groups in total. The first kappa shape index (κ1) is 31.3. The Morgan fingerprint density at radius 3 is 2.23 bits per heavy atom. The molecule has 0 bridgehead atoms. The number of amides is 2. The molecule has 0 unspecified atom stereocenters. The summed E-state index contributed by atoms with van der Waals surface area (Å²) in [6.45, 7) is 3.45. The molecule has 0 aliphatic carbocycles. The van der Waals surface area contributed by atoms with E-state index < -0.39 is 28.5 Å². The van der Waals surface area contributed by atoms with Crippen molar-refractivity contribution in [3.8, 4) is 5.75 Å². The Morgan fingerprint density at radius 2 is 1.65 bits per heavy atom. The maximum atomic E-state index is 14.1. The number of rotatable bonds is 13. The summed E-state index contributed by atoms with van der Waals surface area (Å²) in [5, 5.41) is 3.16. The van der Waals surface area contributed by atoms with Gasteiger partial charge < -0.3 is 15.0 Å². The Balaban J connectivity index is 2.10. The summed E-state index contributed by atoms with van der Waals surface area (Å²) in [5.74, 6) is -0.563. The third-order valence-corrected chi connectivity index (χ3v) is 9.03. The van der Waals surface area contributed by atoms with Gasteiger partial charge in [-0.05, 0) is 73.7 Å². The normalized spacial score (nSPS) is 11.9. The number of thioether (sulfide) groups is 1. The molecule has 0 aliphatic heterocycles. The summed E-state index contributed by atoms with van der Waals surface area (Å²) >= 11 is 7.54. The first-order valence-electron chi connectivity index (χ1n) is 12.8. The van der Waals surface area contributed by atoms with Crippen LogP contribution in [0.2, 0.25) is 5.02 Å². The lowest BCUT2D eigenvalue weighted by molar-refractivity contribution is -0.140. The Kier molecular flexibility index (Phi) is 11.3. The van der Waals surface area contributed by atoms with Crippen LogP contribution in [0.15, 0.2) is 82.6 Å². The number of nitrogens with zero attached hydrogens (tertiary/aromatic N) is 2. The van der Waals surface area contributed by atoms with Crippen molar-refractivity contribution in [1.29, 1.82) is 0 Å². The standard InChI is InChI=1S/C29H34ClN3O5S2/c1-5-25(29(35)31-3)32(19-21-11-13-22(30)14-12-21)28(34)20-33(26-9-7-8-10-27(26)38-6-2)40(36,37)24-17-15-23(39-4)16-18-24/h7-18,25H,5-6,19-20H2,1-4H3,(H,31,35)/t25-/m1/s1. The number of halogens is 1. The van der Waals surface area contributed by atoms with Crippen LogP contribution < -0.4 is 14.4 Å². The summed E-state index contributed by atoms with van der Waals surface area (Å²) in [5.41, 5.74) is 0.975. The zero-order valence-electron chi connectivity index (χ0n) is 23.0. The monoisotopic (exact) mass is 603 g/mol. The van der Waals surface area contributed by atoms with Crippen molar-refractivity contribution in [3.05, 3.63) is 83.4 Å². The molecule has 40 heavy (non-hydrogen) atoms. The number of benzene rings is 3. The molecule has 3 aromatic rings. The van der Waals surface area contributed by atoms with Gasteiger partial charge >= 0.3 is 0 Å². The van der Waals surface area contributed by atoms with E-state index in [1.165, 1.54) is 35.8 Å². The van der Waals surface area contributed by atoms with Gasteiger partial charge in [-0.3, -0.25) is 13.9 Å². The van der Waals surface area contributed by atoms with Crippen LogP contribution >= 0.6 is 23.4 Å². The van der Waals surface area contributed by atoms with Crippen molar-refractivity contribution in [2.45, 2.75) is 42.6 Å². The van der Waals surface area contributed by atoms with Gasteiger partial charge in [-0.25, -0.2) is 8.42 Å². The number of sulfonamides is 1. The fraction of sp³-hybridized carbons (Fsp3) is 0.310. The highest BCUT2D eigenvalue weighted by Crippen LogP contribution is 2.33. The van der Waals surface area contributed by atoms with Crippen LogP contribution in [0.25, 0.3) is 0 Å². The van der Waals surface area contributed by atoms with Gasteiger partial charge in [-0.15, -0.1) is 11.8 Å². The average molecular weight is 604 g/mol. The minimum absolute atomic E-state index is 0.0343. The number of anilines is 1. The molecule has 0 heterocycles. The Bertz CT molecular complexity index is 1400. The Hall–Kier alpha value is -3.21. The molecular formula is C29H34ClN3O5S2. The summed E-state index contributed by atoms with van der Waals surface area (Å²) in [6, 6.07) is 19.3. The number of ether oxygens (including phenoxy) is 1. The molecule has 3 rings (SSSR count). The number of hydrogen-bond donors (Lipinski definition) is 1. The van der Waals surface area contributed by atoms with Crippen LogP contribution in [0.4, 0.5) is 5.69 Å². The molecule has 3 aromatic carbocycles. The van der Waals surface area contributed by atoms with Crippen molar-refractivity contribution < 1.29 is 22.7 Å². The van der Waals surface area contributed by atoms with Crippen molar-refractivity contribution >= 4 is 50.9 Å². The topological polar surface area (TPSA) is 96.0 Å². The largest absolute Gasteiger partial charge is 0.492 e. The zero-order chi connectivity index (χ0) is 29.3. The smallest absolute Gasteiger partial charge is 0.264 e. The molecule has 214 valence electrons. The van der Waals surface area contributed by atoms with E-state index in [4.69, 9.17) is 16.3 Å². The van der Waals surface area contributed by atoms with E-state index in [9.17, 15) is 18.0 Å². The predicted molar refractivity (Wildman–Crippen MR) is 161 cm³/mol. The Morgan fingerprint density at radius 1 is 1.00 bits per heavy atom. The molecule has 0 fully saturated rings. The fourth-order valence-electron chi connectivity index (χ4n) is 4.20. The van der Waals surface area contributed by atoms with Crippen molar-refractivity contribution in [3.63, 3.8) is 0 Å². The highest BCUT2D eigenvalue weighted by Gasteiger charge is 2.34. The van der Waals surface area contributed by atoms with E-state index in [-0.39, 0.29) is 23.0 Å². The SMILES string of the molecule is CCOc1ccccc1N(CC(=O)N(Cc1ccc(Cl)cc1)[C@H](CC)C(=O)NC)S(=O)(=O)c1ccc(SC)cc1. The third kappa shape index (κ3) is 7.50. The second kappa shape index (κ2) is 14.4. The molecule has 8 nitrogen and oxygen atoms in total. The van der Waals surface area contributed by atoms with Crippen LogP contribution in [0.3, 0.4) is 0 Å². The highest BCUT2D eigenvalue weighted by atomic mass is 35.5. The first-order valence-corrected chi connectivity index (χ1v) is 15.8. The summed E-state index contributed by atoms with van der Waals surface area (Å²) in [6.07, 6.45) is 2.23. The second-order valence-corrected chi connectivity index (χ2v) is 12.0. The van der Waals surface area contributed by atoms with Crippen LogP contribution in [-0.2, 0) is 26.2 Å². The number of hydrogen-bond acceptors (Lipinski definition) is 6. The fourth-order valence-corrected chi connectivity index (χ4v) is 6.16. The van der Waals surface area contributed by atoms with Gasteiger partial charge in [0.25, 0.3) is 10.0 Å². The molecule has 0 aromatic heterocycles. The van der Waals surface area contributed by atoms with Crippen molar-refractivity contribution in [2.75, 3.05) is 30.8 Å². The molecule has 0 saturated carbocycles. The maximum Gasteiger partial charge on any atom is 0.264 e. The number of likely N-dealkylation sites (N-methyl/N-ethyl adjacent to an activating group) is 1. The maximum absolute atomic E-state index is 14.1. The highest BCUT2D eigenvalue weighted by molar-refractivity contribution is 7.98. The van der Waals surface area contributed by atoms with Gasteiger partial charge in [-0.2, -0.15) is 0 Å². The van der Waals surface area contributed by atoms with E-state index in [1.54, 1.807) is 74.5 Å². The van der Waals surface area contributed by atoms with E-state index in [2.05, 4.69) is 5.32 Å². The Labute approximate surface area is 245 Å². The van der Waals surface area contributed by atoms with Crippen LogP contribution in [0.5, 0.6) is 5.75 Å². The lowest BCUT2D eigenvalue weighted by atomic mass is 10.1. The van der Waals surface area contributed by atoms with Gasteiger partial charge in [0, 0.05) is 23.5 Å². The molecular weight excluding hydrogens is 570 g/mol. The van der Waals surface area contributed by atoms with E-state index in [1.807, 2.05) is 6.26 Å². The molecule has 0 aliphatic rings. The predicted octanol–water partition coefficient (Wildman–Crippen LogP) is 5.21. The number of carbonyl (C=O) groups excluding carboxylic acids is 2. The van der Waals surface area contributed by atoms with Gasteiger partial charge in [0.15, 0.2) is 0 Å². The van der Waals surface area contributed by atoms with Crippen LogP contribution in [-0.4, -0.2) is 57.6 Å². The van der Waals surface area contributed by atoms with Crippen LogP contribution in [0.1, 0.15) is 25.8 Å². The summed E-state index contributed by atoms with van der Waals surface area (Å²) < 4.78 is 34.9. The molecule has 11 heteroatoms. The van der Waals surface area contributed by atoms with Crippen molar-refractivity contribution in [2.24, 2.45) is 0 Å². The molecule has 2 amide bonds. The summed E-state index contributed by atoms with van der Waals surface area (Å²) in [7, 11) is -2.70. The molecule has 1 atom stereocenters. The minimum Gasteiger partial charge on any atom is -0.492 e. The second-order valence-electron chi connectivity index (χ2n) is 8.77. The van der Waals surface area contributed by atoms with Gasteiger partial charge in [0.1, 0.15) is 18.3 Å². The lowest BCUT2D eigenvalue weighted by Gasteiger charge is -2.33. The summed E-state index contributed by atoms with van der Waals surface area (Å²) in [4.78, 5) is 29.2. The minimum atomic E-state index is -4.21. The van der Waals surface area contributed by atoms with Gasteiger partial charge in [0.2, 0.25) is 11.8 Å². The third-order valence-electron chi connectivity index (χ3n) is 6.26. The van der Waals surface area contributed by atoms with E-state index in [0.29, 0.717) is 23.8 Å². The van der Waals surface area contributed by atoms with Gasteiger partial charge in [0.05, 0.1) is 17.2 Å². The van der Waals surface area contributed by atoms with Crippen LogP contribution in [0, 0.1) is 0 Å². The quantitative estimate of drug-likeness (QED) is 0.270. The number of carbonyl (C=O) groups is 2. The number of nitrogens with one attached hydrogen (secondary N) is 1. The average Bonchev–Trinajstić information content (AvgIpc) is 2.97. The number of para-hydroxylation sites is 2. The molecule has 0 spiro atoms. The molecule has 0 saturated heterocycles. The lowest BCUT2D eigenvalue weighted by Crippen LogP contribution is -2.51. The van der Waals surface area contributed by atoms with E-state index in [0.717, 1.165) is 14.8 Å². The van der Waals surface area contributed by atoms with Gasteiger partial charge in [-0.1, -0.05) is 42.8 Å². The van der Waals surface area contributed by atoms with E-state index >= 15 is 0 Å².